The monoisotopic (exact) mass is 282 g/mol. The quantitative estimate of drug-likeness (QED) is 0.923. The van der Waals surface area contributed by atoms with Crippen molar-refractivity contribution in [3.8, 4) is 0 Å². The van der Waals surface area contributed by atoms with Crippen LogP contribution in [0.2, 0.25) is 0 Å². The summed E-state index contributed by atoms with van der Waals surface area (Å²) in [5, 5.41) is 2.96. The Morgan fingerprint density at radius 2 is 2.31 bits per heavy atom. The van der Waals surface area contributed by atoms with Gasteiger partial charge in [-0.25, -0.2) is 4.98 Å². The van der Waals surface area contributed by atoms with Gasteiger partial charge < -0.3 is 5.32 Å². The molecule has 1 aromatic heterocycles. The Bertz CT molecular complexity index is 385. The zero-order valence-corrected chi connectivity index (χ0v) is 10.9. The van der Waals surface area contributed by atoms with Gasteiger partial charge in [-0.05, 0) is 52.7 Å². The van der Waals surface area contributed by atoms with E-state index in [-0.39, 0.29) is 5.91 Å². The molecule has 0 aromatic carbocycles. The first-order valence-corrected chi connectivity index (χ1v) is 6.34. The van der Waals surface area contributed by atoms with E-state index in [0.717, 1.165) is 17.4 Å². The van der Waals surface area contributed by atoms with E-state index in [9.17, 15) is 4.79 Å². The highest BCUT2D eigenvalue weighted by molar-refractivity contribution is 9.10. The number of hydrogen-bond donors (Lipinski definition) is 1. The second-order valence-electron chi connectivity index (χ2n) is 4.40. The summed E-state index contributed by atoms with van der Waals surface area (Å²) in [6.45, 7) is 2.96. The van der Waals surface area contributed by atoms with Crippen LogP contribution in [0.25, 0.3) is 0 Å². The molecule has 1 N–H and O–H groups in total. The lowest BCUT2D eigenvalue weighted by Gasteiger charge is -2.12. The first kappa shape index (κ1) is 11.6. The van der Waals surface area contributed by atoms with E-state index in [2.05, 4.69) is 33.2 Å². The van der Waals surface area contributed by atoms with Crippen LogP contribution in [0.5, 0.6) is 0 Å². The highest BCUT2D eigenvalue weighted by Gasteiger charge is 2.40. The Morgan fingerprint density at radius 3 is 2.81 bits per heavy atom. The molecule has 1 aliphatic carbocycles. The zero-order chi connectivity index (χ0) is 11.6. The molecule has 1 aliphatic rings. The molecule has 0 spiro atoms. The molecular formula is C12H15BrN2O. The van der Waals surface area contributed by atoms with E-state index in [0.29, 0.717) is 11.1 Å². The third-order valence-corrected chi connectivity index (χ3v) is 3.76. The number of carbonyl (C=O) groups is 1. The van der Waals surface area contributed by atoms with Crippen LogP contribution in [0.1, 0.15) is 36.7 Å². The van der Waals surface area contributed by atoms with Crippen LogP contribution in [0.15, 0.2) is 22.8 Å². The second kappa shape index (κ2) is 4.53. The molecule has 16 heavy (non-hydrogen) atoms. The lowest BCUT2D eigenvalue weighted by atomic mass is 10.0. The Kier molecular flexibility index (Phi) is 3.28. The standard InChI is InChI=1S/C12H15BrN2O/c1-2-12(5-6-12)8-15-11(16)10-4-3-9(13)7-14-10/h3-4,7H,2,5-6,8H2,1H3,(H,15,16). The number of pyridine rings is 1. The number of hydrogen-bond acceptors (Lipinski definition) is 2. The fourth-order valence-corrected chi connectivity index (χ4v) is 1.94. The molecule has 1 heterocycles. The average molecular weight is 283 g/mol. The number of rotatable bonds is 4. The van der Waals surface area contributed by atoms with Crippen molar-refractivity contribution in [1.29, 1.82) is 0 Å². The summed E-state index contributed by atoms with van der Waals surface area (Å²) in [7, 11) is 0. The second-order valence-corrected chi connectivity index (χ2v) is 5.31. The van der Waals surface area contributed by atoms with Crippen LogP contribution in [0.4, 0.5) is 0 Å². The Balaban J connectivity index is 1.91. The van der Waals surface area contributed by atoms with Crippen LogP contribution in [-0.4, -0.2) is 17.4 Å². The maximum Gasteiger partial charge on any atom is 0.269 e. The van der Waals surface area contributed by atoms with Gasteiger partial charge in [-0.1, -0.05) is 6.92 Å². The van der Waals surface area contributed by atoms with E-state index < -0.39 is 0 Å². The molecule has 3 nitrogen and oxygen atoms in total. The molecule has 0 unspecified atom stereocenters. The van der Waals surface area contributed by atoms with Crippen LogP contribution in [-0.2, 0) is 0 Å². The lowest BCUT2D eigenvalue weighted by molar-refractivity contribution is 0.0939. The van der Waals surface area contributed by atoms with E-state index in [1.807, 2.05) is 6.07 Å². The van der Waals surface area contributed by atoms with Gasteiger partial charge in [0, 0.05) is 17.2 Å². The molecule has 0 saturated heterocycles. The maximum atomic E-state index is 11.8. The van der Waals surface area contributed by atoms with Crippen LogP contribution >= 0.6 is 15.9 Å². The molecule has 4 heteroatoms. The predicted molar refractivity (Wildman–Crippen MR) is 66.2 cm³/mol. The molecule has 1 fully saturated rings. The normalized spacial score (nSPS) is 16.9. The summed E-state index contributed by atoms with van der Waals surface area (Å²) in [6, 6.07) is 3.56. The Labute approximate surface area is 104 Å². The molecule has 1 saturated carbocycles. The number of aromatic nitrogens is 1. The van der Waals surface area contributed by atoms with Crippen molar-refractivity contribution < 1.29 is 4.79 Å². The minimum atomic E-state index is -0.0766. The highest BCUT2D eigenvalue weighted by atomic mass is 79.9. The summed E-state index contributed by atoms with van der Waals surface area (Å²) < 4.78 is 0.885. The predicted octanol–water partition coefficient (Wildman–Crippen LogP) is 2.76. The minimum absolute atomic E-state index is 0.0766. The first-order chi connectivity index (χ1) is 7.65. The van der Waals surface area contributed by atoms with E-state index in [1.54, 1.807) is 12.3 Å². The third-order valence-electron chi connectivity index (χ3n) is 3.29. The van der Waals surface area contributed by atoms with Gasteiger partial charge in [0.05, 0.1) is 0 Å². The zero-order valence-electron chi connectivity index (χ0n) is 9.29. The molecule has 1 amide bonds. The highest BCUT2D eigenvalue weighted by Crippen LogP contribution is 2.47. The molecule has 0 aliphatic heterocycles. The third kappa shape index (κ3) is 2.61. The fraction of sp³-hybridized carbons (Fsp3) is 0.500. The number of amides is 1. The number of carbonyl (C=O) groups excluding carboxylic acids is 1. The fourth-order valence-electron chi connectivity index (χ4n) is 1.70. The number of nitrogens with zero attached hydrogens (tertiary/aromatic N) is 1. The summed E-state index contributed by atoms with van der Waals surface area (Å²) in [6.07, 6.45) is 5.25. The molecule has 0 bridgehead atoms. The van der Waals surface area contributed by atoms with E-state index in [4.69, 9.17) is 0 Å². The van der Waals surface area contributed by atoms with Crippen molar-refractivity contribution in [3.05, 3.63) is 28.5 Å². The number of nitrogens with one attached hydrogen (secondary N) is 1. The SMILES string of the molecule is CCC1(CNC(=O)c2ccc(Br)cn2)CC1. The van der Waals surface area contributed by atoms with E-state index in [1.165, 1.54) is 12.8 Å². The molecular weight excluding hydrogens is 268 g/mol. The topological polar surface area (TPSA) is 42.0 Å². The smallest absolute Gasteiger partial charge is 0.269 e. The average Bonchev–Trinajstić information content (AvgIpc) is 3.08. The van der Waals surface area contributed by atoms with Gasteiger partial charge in [-0.2, -0.15) is 0 Å². The van der Waals surface area contributed by atoms with Gasteiger partial charge in [0.15, 0.2) is 0 Å². The Morgan fingerprint density at radius 1 is 1.56 bits per heavy atom. The van der Waals surface area contributed by atoms with Gasteiger partial charge >= 0.3 is 0 Å². The molecule has 86 valence electrons. The summed E-state index contributed by atoms with van der Waals surface area (Å²) in [5.74, 6) is -0.0766. The minimum Gasteiger partial charge on any atom is -0.350 e. The summed E-state index contributed by atoms with van der Waals surface area (Å²) in [5.41, 5.74) is 0.862. The molecule has 1 aromatic rings. The summed E-state index contributed by atoms with van der Waals surface area (Å²) >= 11 is 3.29. The lowest BCUT2D eigenvalue weighted by Crippen LogP contribution is -2.30. The van der Waals surface area contributed by atoms with Crippen molar-refractivity contribution >= 4 is 21.8 Å². The van der Waals surface area contributed by atoms with Crippen LogP contribution in [0, 0.1) is 5.41 Å². The van der Waals surface area contributed by atoms with Gasteiger partial charge in [-0.3, -0.25) is 4.79 Å². The maximum absolute atomic E-state index is 11.8. The van der Waals surface area contributed by atoms with Crippen LogP contribution in [0.3, 0.4) is 0 Å². The van der Waals surface area contributed by atoms with Crippen molar-refractivity contribution in [3.63, 3.8) is 0 Å². The number of halogens is 1. The van der Waals surface area contributed by atoms with Gasteiger partial charge in [0.25, 0.3) is 5.91 Å². The first-order valence-electron chi connectivity index (χ1n) is 5.55. The van der Waals surface area contributed by atoms with Crippen molar-refractivity contribution in [2.45, 2.75) is 26.2 Å². The van der Waals surface area contributed by atoms with Crippen LogP contribution < -0.4 is 5.32 Å². The molecule has 0 atom stereocenters. The van der Waals surface area contributed by atoms with E-state index >= 15 is 0 Å². The van der Waals surface area contributed by atoms with Crippen molar-refractivity contribution in [2.75, 3.05) is 6.54 Å². The summed E-state index contributed by atoms with van der Waals surface area (Å²) in [4.78, 5) is 15.8. The molecule has 0 radical (unpaired) electrons. The van der Waals surface area contributed by atoms with Crippen molar-refractivity contribution in [2.24, 2.45) is 5.41 Å². The van der Waals surface area contributed by atoms with Crippen molar-refractivity contribution in [1.82, 2.24) is 10.3 Å². The largest absolute Gasteiger partial charge is 0.350 e. The molecule has 2 rings (SSSR count). The van der Waals surface area contributed by atoms with Gasteiger partial charge in [-0.15, -0.1) is 0 Å². The van der Waals surface area contributed by atoms with Gasteiger partial charge in [0.1, 0.15) is 5.69 Å². The Hall–Kier alpha value is -0.900. The van der Waals surface area contributed by atoms with Gasteiger partial charge in [0.2, 0.25) is 0 Å².